The Morgan fingerprint density at radius 3 is 2.74 bits per heavy atom. The van der Waals surface area contributed by atoms with E-state index >= 15 is 0 Å². The van der Waals surface area contributed by atoms with Crippen molar-refractivity contribution in [1.82, 2.24) is 0 Å². The lowest BCUT2D eigenvalue weighted by atomic mass is 10.1. The van der Waals surface area contributed by atoms with Crippen LogP contribution in [0.4, 0.5) is 17.1 Å². The van der Waals surface area contributed by atoms with E-state index in [1.807, 2.05) is 0 Å². The van der Waals surface area contributed by atoms with Crippen molar-refractivity contribution >= 4 is 62.4 Å². The molecule has 3 rings (SSSR count). The number of aryl methyl sites for hydroxylation is 1. The van der Waals surface area contributed by atoms with Gasteiger partial charge in [0.15, 0.2) is 6.61 Å². The molecular weight excluding hydrogens is 494 g/mol. The summed E-state index contributed by atoms with van der Waals surface area (Å²) in [5.41, 5.74) is 1.06. The van der Waals surface area contributed by atoms with Crippen LogP contribution in [0, 0.1) is 23.0 Å². The highest BCUT2D eigenvalue weighted by molar-refractivity contribution is 9.10. The van der Waals surface area contributed by atoms with Gasteiger partial charge in [0.25, 0.3) is 11.6 Å². The van der Waals surface area contributed by atoms with Crippen LogP contribution < -0.4 is 10.2 Å². The fourth-order valence-electron chi connectivity index (χ4n) is 3.11. The van der Waals surface area contributed by atoms with Crippen LogP contribution >= 0.6 is 27.5 Å². The maximum absolute atomic E-state index is 12.4. The Kier molecular flexibility index (Phi) is 6.91. The number of amides is 2. The number of nitro benzene ring substituents is 1. The van der Waals surface area contributed by atoms with Crippen LogP contribution in [0.3, 0.4) is 0 Å². The molecule has 0 unspecified atom stereocenters. The number of ether oxygens (including phenoxy) is 1. The fraction of sp³-hybridized carbons (Fsp3) is 0.250. The van der Waals surface area contributed by atoms with E-state index in [4.69, 9.17) is 16.3 Å². The first-order valence-corrected chi connectivity index (χ1v) is 10.3. The standard InChI is InChI=1S/C20H17BrClN3O6/c1-11-2-4-14(8-17(11)25(29)30)24-9-12(6-19(24)27)20(28)31-10-18(26)23-16-5-3-13(21)7-15(16)22/h2-5,7-8,12H,6,9-10H2,1H3,(H,23,26)/t12-/m0/s1. The van der Waals surface area contributed by atoms with Crippen molar-refractivity contribution in [1.29, 1.82) is 0 Å². The third-order valence-electron chi connectivity index (χ3n) is 4.71. The number of esters is 1. The number of nitro groups is 1. The highest BCUT2D eigenvalue weighted by Gasteiger charge is 2.37. The number of halogens is 2. The van der Waals surface area contributed by atoms with Gasteiger partial charge < -0.3 is 15.0 Å². The molecule has 0 aromatic heterocycles. The molecule has 31 heavy (non-hydrogen) atoms. The van der Waals surface area contributed by atoms with E-state index in [9.17, 15) is 24.5 Å². The molecule has 162 valence electrons. The van der Waals surface area contributed by atoms with Crippen LogP contribution in [0.25, 0.3) is 0 Å². The maximum atomic E-state index is 12.4. The molecule has 1 saturated heterocycles. The molecule has 2 amide bonds. The molecule has 1 aliphatic rings. The highest BCUT2D eigenvalue weighted by atomic mass is 79.9. The molecule has 1 aliphatic heterocycles. The smallest absolute Gasteiger partial charge is 0.311 e. The predicted octanol–water partition coefficient (Wildman–Crippen LogP) is 3.85. The van der Waals surface area contributed by atoms with E-state index in [0.717, 1.165) is 4.47 Å². The minimum atomic E-state index is -0.781. The van der Waals surface area contributed by atoms with Crippen molar-refractivity contribution in [2.75, 3.05) is 23.4 Å². The number of hydrogen-bond donors (Lipinski definition) is 1. The van der Waals surface area contributed by atoms with Gasteiger partial charge in [-0.25, -0.2) is 0 Å². The molecular formula is C20H17BrClN3O6. The molecule has 2 aromatic carbocycles. The number of carbonyl (C=O) groups is 3. The molecule has 2 aromatic rings. The number of anilines is 2. The minimum absolute atomic E-state index is 0.0119. The summed E-state index contributed by atoms with van der Waals surface area (Å²) < 4.78 is 5.79. The van der Waals surface area contributed by atoms with Gasteiger partial charge in [0.2, 0.25) is 5.91 Å². The number of nitrogens with one attached hydrogen (secondary N) is 1. The van der Waals surface area contributed by atoms with Gasteiger partial charge in [-0.15, -0.1) is 0 Å². The van der Waals surface area contributed by atoms with E-state index in [1.165, 1.54) is 11.0 Å². The summed E-state index contributed by atoms with van der Waals surface area (Å²) >= 11 is 9.29. The second kappa shape index (κ2) is 9.44. The molecule has 11 heteroatoms. The van der Waals surface area contributed by atoms with E-state index < -0.39 is 29.3 Å². The fourth-order valence-corrected chi connectivity index (χ4v) is 3.83. The van der Waals surface area contributed by atoms with Gasteiger partial charge in [-0.05, 0) is 31.2 Å². The van der Waals surface area contributed by atoms with Gasteiger partial charge in [0.05, 0.1) is 27.2 Å². The summed E-state index contributed by atoms with van der Waals surface area (Å²) in [6, 6.07) is 9.34. The van der Waals surface area contributed by atoms with Crippen LogP contribution in [-0.4, -0.2) is 35.9 Å². The van der Waals surface area contributed by atoms with Crippen LogP contribution in [0.2, 0.25) is 5.02 Å². The predicted molar refractivity (Wildman–Crippen MR) is 117 cm³/mol. The number of rotatable bonds is 6. The summed E-state index contributed by atoms with van der Waals surface area (Å²) in [4.78, 5) is 48.7. The zero-order valence-electron chi connectivity index (χ0n) is 16.3. The van der Waals surface area contributed by atoms with Crippen molar-refractivity contribution < 1.29 is 24.0 Å². The monoisotopic (exact) mass is 509 g/mol. The van der Waals surface area contributed by atoms with Crippen molar-refractivity contribution in [3.8, 4) is 0 Å². The molecule has 9 nitrogen and oxygen atoms in total. The SMILES string of the molecule is Cc1ccc(N2C[C@@H](C(=O)OCC(=O)Nc3ccc(Br)cc3Cl)CC2=O)cc1[N+](=O)[O-]. The first-order chi connectivity index (χ1) is 14.7. The second-order valence-electron chi connectivity index (χ2n) is 6.91. The number of benzene rings is 2. The maximum Gasteiger partial charge on any atom is 0.311 e. The Morgan fingerprint density at radius 2 is 2.06 bits per heavy atom. The van der Waals surface area contributed by atoms with Gasteiger partial charge in [0.1, 0.15) is 0 Å². The third-order valence-corrected chi connectivity index (χ3v) is 5.52. The molecule has 1 atom stereocenters. The Labute approximate surface area is 190 Å². The van der Waals surface area contributed by atoms with E-state index in [1.54, 1.807) is 37.3 Å². The lowest BCUT2D eigenvalue weighted by molar-refractivity contribution is -0.385. The second-order valence-corrected chi connectivity index (χ2v) is 8.24. The quantitative estimate of drug-likeness (QED) is 0.358. The largest absolute Gasteiger partial charge is 0.455 e. The van der Waals surface area contributed by atoms with Crippen LogP contribution in [0.1, 0.15) is 12.0 Å². The summed E-state index contributed by atoms with van der Waals surface area (Å²) in [6.45, 7) is 1.07. The highest BCUT2D eigenvalue weighted by Crippen LogP contribution is 2.30. The average molecular weight is 511 g/mol. The number of nitrogens with zero attached hydrogens (tertiary/aromatic N) is 2. The molecule has 0 bridgehead atoms. The van der Waals surface area contributed by atoms with Crippen molar-refractivity contribution in [2.24, 2.45) is 5.92 Å². The summed E-state index contributed by atoms with van der Waals surface area (Å²) in [6.07, 6.45) is -0.110. The minimum Gasteiger partial charge on any atom is -0.455 e. The molecule has 0 spiro atoms. The van der Waals surface area contributed by atoms with Crippen molar-refractivity contribution in [2.45, 2.75) is 13.3 Å². The Bertz CT molecular complexity index is 1080. The molecule has 1 heterocycles. The molecule has 0 radical (unpaired) electrons. The summed E-state index contributed by atoms with van der Waals surface area (Å²) in [5, 5.41) is 14.0. The molecule has 0 saturated carbocycles. The lowest BCUT2D eigenvalue weighted by Gasteiger charge is -2.17. The first kappa shape index (κ1) is 22.7. The van der Waals surface area contributed by atoms with Gasteiger partial charge >= 0.3 is 5.97 Å². The average Bonchev–Trinajstić information content (AvgIpc) is 3.10. The molecule has 0 aliphatic carbocycles. The van der Waals surface area contributed by atoms with Gasteiger partial charge in [-0.3, -0.25) is 24.5 Å². The zero-order chi connectivity index (χ0) is 22.7. The zero-order valence-corrected chi connectivity index (χ0v) is 18.6. The number of hydrogen-bond acceptors (Lipinski definition) is 6. The third kappa shape index (κ3) is 5.39. The van der Waals surface area contributed by atoms with Gasteiger partial charge in [-0.2, -0.15) is 0 Å². The van der Waals surface area contributed by atoms with E-state index in [-0.39, 0.29) is 24.6 Å². The Hall–Kier alpha value is -2.98. The Balaban J connectivity index is 1.58. The normalized spacial score (nSPS) is 15.6. The van der Waals surface area contributed by atoms with Crippen molar-refractivity contribution in [3.05, 3.63) is 61.6 Å². The first-order valence-electron chi connectivity index (χ1n) is 9.12. The van der Waals surface area contributed by atoms with Crippen LogP contribution in [0.15, 0.2) is 40.9 Å². The summed E-state index contributed by atoms with van der Waals surface area (Å²) in [7, 11) is 0. The van der Waals surface area contributed by atoms with Crippen LogP contribution in [-0.2, 0) is 19.1 Å². The van der Waals surface area contributed by atoms with Crippen LogP contribution in [0.5, 0.6) is 0 Å². The molecule has 1 N–H and O–H groups in total. The van der Waals surface area contributed by atoms with Gasteiger partial charge in [-0.1, -0.05) is 33.6 Å². The lowest BCUT2D eigenvalue weighted by Crippen LogP contribution is -2.28. The summed E-state index contributed by atoms with van der Waals surface area (Å²) in [5.74, 6) is -2.41. The van der Waals surface area contributed by atoms with E-state index in [0.29, 0.717) is 22.0 Å². The molecule has 1 fully saturated rings. The van der Waals surface area contributed by atoms with E-state index in [2.05, 4.69) is 21.2 Å². The Morgan fingerprint density at radius 1 is 1.32 bits per heavy atom. The number of carbonyl (C=O) groups excluding carboxylic acids is 3. The topological polar surface area (TPSA) is 119 Å². The van der Waals surface area contributed by atoms with Gasteiger partial charge in [0, 0.05) is 29.1 Å². The van der Waals surface area contributed by atoms with Crippen molar-refractivity contribution in [3.63, 3.8) is 0 Å².